The maximum Gasteiger partial charge on any atom is 0.289 e. The van der Waals surface area contributed by atoms with Gasteiger partial charge in [0.2, 0.25) is 5.91 Å². The van der Waals surface area contributed by atoms with Crippen molar-refractivity contribution in [3.63, 3.8) is 0 Å². The van der Waals surface area contributed by atoms with E-state index in [9.17, 15) is 14.4 Å². The Kier molecular flexibility index (Phi) is 4.75. The lowest BCUT2D eigenvalue weighted by atomic mass is 10.1. The fourth-order valence-corrected chi connectivity index (χ4v) is 2.67. The fourth-order valence-electron chi connectivity index (χ4n) is 2.57. The van der Waals surface area contributed by atoms with Crippen molar-refractivity contribution < 1.29 is 19.1 Å². The molecule has 1 atom stereocenters. The number of ketones is 1. The third kappa shape index (κ3) is 2.82. The molecule has 0 saturated heterocycles. The van der Waals surface area contributed by atoms with Gasteiger partial charge in [-0.2, -0.15) is 0 Å². The third-order valence-corrected chi connectivity index (χ3v) is 3.69. The van der Waals surface area contributed by atoms with Gasteiger partial charge in [-0.15, -0.1) is 11.6 Å². The van der Waals surface area contributed by atoms with Gasteiger partial charge in [0, 0.05) is 5.69 Å². The number of carbonyl (C=O) groups excluding carboxylic acids is 3. The Labute approximate surface area is 138 Å². The van der Waals surface area contributed by atoms with Gasteiger partial charge in [-0.05, 0) is 32.9 Å². The molecule has 0 aliphatic rings. The number of nitrogens with two attached hydrogens (primary N) is 1. The summed E-state index contributed by atoms with van der Waals surface area (Å²) in [6.07, 6.45) is 0. The number of benzene rings is 1. The van der Waals surface area contributed by atoms with E-state index in [-0.39, 0.29) is 5.56 Å². The molecule has 1 unspecified atom stereocenters. The summed E-state index contributed by atoms with van der Waals surface area (Å²) in [5.74, 6) is -1.95. The number of aromatic nitrogens is 1. The lowest BCUT2D eigenvalue weighted by Crippen LogP contribution is -2.25. The summed E-state index contributed by atoms with van der Waals surface area (Å²) in [7, 11) is 0. The summed E-state index contributed by atoms with van der Waals surface area (Å²) in [6.45, 7) is 5.28. The van der Waals surface area contributed by atoms with Crippen LogP contribution in [0.1, 0.15) is 34.7 Å². The smallest absolute Gasteiger partial charge is 0.289 e. The maximum absolute atomic E-state index is 12.4. The molecule has 0 spiro atoms. The normalized spacial score (nSPS) is 12.2. The molecule has 23 heavy (non-hydrogen) atoms. The second-order valence-corrected chi connectivity index (χ2v) is 5.68. The second kappa shape index (κ2) is 6.42. The van der Waals surface area contributed by atoms with Gasteiger partial charge >= 0.3 is 0 Å². The predicted molar refractivity (Wildman–Crippen MR) is 87.3 cm³/mol. The van der Waals surface area contributed by atoms with Gasteiger partial charge in [0.15, 0.2) is 0 Å². The predicted octanol–water partition coefficient (Wildman–Crippen LogP) is 2.28. The summed E-state index contributed by atoms with van der Waals surface area (Å²) < 4.78 is 6.86. The maximum atomic E-state index is 12.4. The van der Waals surface area contributed by atoms with Crippen LogP contribution in [0, 0.1) is 6.92 Å². The van der Waals surface area contributed by atoms with E-state index in [1.165, 1.54) is 11.5 Å². The number of rotatable bonds is 5. The Bertz CT molecular complexity index is 808. The number of amides is 1. The molecule has 0 aliphatic heterocycles. The summed E-state index contributed by atoms with van der Waals surface area (Å²) >= 11 is 5.91. The van der Waals surface area contributed by atoms with Gasteiger partial charge in [-0.25, -0.2) is 0 Å². The van der Waals surface area contributed by atoms with Gasteiger partial charge in [0.05, 0.1) is 23.1 Å². The molecule has 0 radical (unpaired) electrons. The number of ether oxygens (including phenoxy) is 1. The molecule has 0 fully saturated rings. The number of fused-ring (bicyclic) bond motifs is 1. The first-order chi connectivity index (χ1) is 10.8. The number of hydrogen-bond acceptors (Lipinski definition) is 4. The standard InChI is InChI=1S/C16H17ClN2O4/c1-4-23-11-7-5-6-10-13(11)12(14(20)15(18)21)9(3)19(10)16(22)8(2)17/h5-8H,4H2,1-3H3,(H2,18,21). The van der Waals surface area contributed by atoms with E-state index in [1.807, 2.05) is 0 Å². The first-order valence-electron chi connectivity index (χ1n) is 7.10. The highest BCUT2D eigenvalue weighted by molar-refractivity contribution is 6.45. The summed E-state index contributed by atoms with van der Waals surface area (Å²) in [6, 6.07) is 5.04. The molecule has 7 heteroatoms. The highest BCUT2D eigenvalue weighted by Gasteiger charge is 2.29. The van der Waals surface area contributed by atoms with Crippen LogP contribution in [0.2, 0.25) is 0 Å². The lowest BCUT2D eigenvalue weighted by molar-refractivity contribution is -0.114. The SMILES string of the molecule is CCOc1cccc2c1c(C(=O)C(N)=O)c(C)n2C(=O)C(C)Cl. The van der Waals surface area contributed by atoms with E-state index in [0.29, 0.717) is 29.0 Å². The van der Waals surface area contributed by atoms with Crippen LogP contribution < -0.4 is 10.5 Å². The summed E-state index contributed by atoms with van der Waals surface area (Å²) in [5, 5.41) is -0.405. The van der Waals surface area contributed by atoms with E-state index < -0.39 is 23.0 Å². The van der Waals surface area contributed by atoms with Gasteiger partial charge in [0.1, 0.15) is 11.1 Å². The van der Waals surface area contributed by atoms with E-state index in [0.717, 1.165) is 0 Å². The zero-order valence-electron chi connectivity index (χ0n) is 13.1. The topological polar surface area (TPSA) is 91.4 Å². The number of halogens is 1. The molecule has 1 aromatic carbocycles. The highest BCUT2D eigenvalue weighted by Crippen LogP contribution is 2.34. The van der Waals surface area contributed by atoms with Crippen LogP contribution in [0.5, 0.6) is 5.75 Å². The Morgan fingerprint density at radius 3 is 2.52 bits per heavy atom. The van der Waals surface area contributed by atoms with Crippen molar-refractivity contribution >= 4 is 40.1 Å². The number of carbonyl (C=O) groups is 3. The summed E-state index contributed by atoms with van der Waals surface area (Å²) in [4.78, 5) is 36.1. The molecular weight excluding hydrogens is 320 g/mol. The van der Waals surface area contributed by atoms with Crippen LogP contribution in [0.15, 0.2) is 18.2 Å². The molecule has 6 nitrogen and oxygen atoms in total. The largest absolute Gasteiger partial charge is 0.493 e. The molecule has 0 saturated carbocycles. The van der Waals surface area contributed by atoms with Gasteiger partial charge < -0.3 is 10.5 Å². The van der Waals surface area contributed by atoms with Crippen LogP contribution in [0.4, 0.5) is 0 Å². The van der Waals surface area contributed by atoms with Crippen molar-refractivity contribution in [1.82, 2.24) is 4.57 Å². The third-order valence-electron chi connectivity index (χ3n) is 3.50. The van der Waals surface area contributed by atoms with E-state index in [1.54, 1.807) is 32.0 Å². The Hall–Kier alpha value is -2.34. The highest BCUT2D eigenvalue weighted by atomic mass is 35.5. The Morgan fingerprint density at radius 2 is 2.00 bits per heavy atom. The first-order valence-corrected chi connectivity index (χ1v) is 7.54. The van der Waals surface area contributed by atoms with Crippen molar-refractivity contribution in [3.05, 3.63) is 29.5 Å². The molecule has 0 bridgehead atoms. The minimum absolute atomic E-state index is 0.0715. The number of nitrogens with zero attached hydrogens (tertiary/aromatic N) is 1. The van der Waals surface area contributed by atoms with Crippen LogP contribution in [-0.2, 0) is 4.79 Å². The molecule has 1 heterocycles. The minimum atomic E-state index is -1.09. The molecule has 2 aromatic rings. The van der Waals surface area contributed by atoms with Gasteiger partial charge in [0.25, 0.3) is 11.7 Å². The molecule has 122 valence electrons. The quantitative estimate of drug-likeness (QED) is 0.515. The zero-order valence-corrected chi connectivity index (χ0v) is 13.8. The van der Waals surface area contributed by atoms with Crippen molar-refractivity contribution in [3.8, 4) is 5.75 Å². The van der Waals surface area contributed by atoms with Crippen LogP contribution >= 0.6 is 11.6 Å². The number of Topliss-reactive ketones (excluding diaryl/α,β-unsaturated/α-hetero) is 1. The number of primary amides is 1. The van der Waals surface area contributed by atoms with Crippen molar-refractivity contribution in [2.75, 3.05) is 6.61 Å². The fraction of sp³-hybridized carbons (Fsp3) is 0.312. The Morgan fingerprint density at radius 1 is 1.35 bits per heavy atom. The monoisotopic (exact) mass is 336 g/mol. The molecule has 2 N–H and O–H groups in total. The molecular formula is C16H17ClN2O4. The molecule has 1 amide bonds. The Balaban J connectivity index is 2.92. The first kappa shape index (κ1) is 17.0. The average Bonchev–Trinajstić information content (AvgIpc) is 2.78. The molecule has 2 rings (SSSR count). The number of hydrogen-bond donors (Lipinski definition) is 1. The molecule has 1 aromatic heterocycles. The van der Waals surface area contributed by atoms with E-state index in [2.05, 4.69) is 0 Å². The number of alkyl halides is 1. The zero-order chi connectivity index (χ0) is 17.3. The van der Waals surface area contributed by atoms with E-state index >= 15 is 0 Å². The van der Waals surface area contributed by atoms with Gasteiger partial charge in [-0.1, -0.05) is 6.07 Å². The van der Waals surface area contributed by atoms with E-state index in [4.69, 9.17) is 22.1 Å². The minimum Gasteiger partial charge on any atom is -0.493 e. The van der Waals surface area contributed by atoms with Crippen molar-refractivity contribution in [1.29, 1.82) is 0 Å². The second-order valence-electron chi connectivity index (χ2n) is 5.03. The summed E-state index contributed by atoms with van der Waals surface area (Å²) in [5.41, 5.74) is 5.99. The van der Waals surface area contributed by atoms with Crippen molar-refractivity contribution in [2.24, 2.45) is 5.73 Å². The van der Waals surface area contributed by atoms with Crippen LogP contribution in [-0.4, -0.2) is 34.1 Å². The van der Waals surface area contributed by atoms with Crippen molar-refractivity contribution in [2.45, 2.75) is 26.1 Å². The average molecular weight is 337 g/mol. The van der Waals surface area contributed by atoms with Crippen LogP contribution in [0.3, 0.4) is 0 Å². The molecule has 0 aliphatic carbocycles. The van der Waals surface area contributed by atoms with Gasteiger partial charge in [-0.3, -0.25) is 19.0 Å². The lowest BCUT2D eigenvalue weighted by Gasteiger charge is -2.09. The van der Waals surface area contributed by atoms with Crippen LogP contribution in [0.25, 0.3) is 10.9 Å².